The predicted octanol–water partition coefficient (Wildman–Crippen LogP) is 6.53. The van der Waals surface area contributed by atoms with E-state index >= 15 is 0 Å². The van der Waals surface area contributed by atoms with E-state index in [0.29, 0.717) is 25.1 Å². The molecule has 2 aliphatic heterocycles. The van der Waals surface area contributed by atoms with Gasteiger partial charge in [0.2, 0.25) is 11.8 Å². The smallest absolute Gasteiger partial charge is 0.234 e. The first-order valence-corrected chi connectivity index (χ1v) is 16.3. The van der Waals surface area contributed by atoms with Crippen LogP contribution in [0.1, 0.15) is 53.0 Å². The molecule has 0 saturated carbocycles. The summed E-state index contributed by atoms with van der Waals surface area (Å²) in [6.45, 7) is 4.56. The Bertz CT molecular complexity index is 1690. The average Bonchev–Trinajstić information content (AvgIpc) is 3.07. The molecule has 1 atom stereocenters. The van der Waals surface area contributed by atoms with Crippen molar-refractivity contribution in [3.05, 3.63) is 125 Å². The fourth-order valence-electron chi connectivity index (χ4n) is 6.44. The molecule has 3 N–H and O–H groups in total. The lowest BCUT2D eigenvalue weighted by molar-refractivity contribution is -0.134. The summed E-state index contributed by atoms with van der Waals surface area (Å²) in [6.07, 6.45) is 1.59. The standard InChI is InChI=1S/C38H38ClN3O4/c39-20-19-34(27-7-13-32(43)14-8-27)37(30-9-15-33(44)16-10-30)29-5-11-31(12-6-29)42-23-21-41(22-24-42)25-26-1-3-28(4-2-26)35-17-18-36(45)40-38(35)46/h1-16,35,43-44H,17-25H2,(H,40,45,46). The first-order valence-electron chi connectivity index (χ1n) is 15.8. The topological polar surface area (TPSA) is 93.1 Å². The summed E-state index contributed by atoms with van der Waals surface area (Å²) >= 11 is 6.30. The van der Waals surface area contributed by atoms with Crippen LogP contribution in [-0.2, 0) is 16.1 Å². The Labute approximate surface area is 274 Å². The molecule has 0 bridgehead atoms. The van der Waals surface area contributed by atoms with Crippen LogP contribution in [0, 0.1) is 0 Å². The first kappa shape index (κ1) is 31.4. The van der Waals surface area contributed by atoms with Crippen LogP contribution in [0.2, 0.25) is 0 Å². The summed E-state index contributed by atoms with van der Waals surface area (Å²) in [5.41, 5.74) is 8.50. The normalized spacial score (nSPS) is 17.8. The summed E-state index contributed by atoms with van der Waals surface area (Å²) in [6, 6.07) is 31.4. The quantitative estimate of drug-likeness (QED) is 0.110. The summed E-state index contributed by atoms with van der Waals surface area (Å²) in [4.78, 5) is 28.6. The van der Waals surface area contributed by atoms with Crippen molar-refractivity contribution in [2.24, 2.45) is 0 Å². The molecular weight excluding hydrogens is 598 g/mol. The van der Waals surface area contributed by atoms with Crippen LogP contribution in [0.25, 0.3) is 11.1 Å². The molecular formula is C38H38ClN3O4. The van der Waals surface area contributed by atoms with Gasteiger partial charge in [0.15, 0.2) is 0 Å². The minimum atomic E-state index is -0.255. The molecule has 236 valence electrons. The number of phenolic OH excluding ortho intramolecular Hbond substituents is 2. The number of nitrogens with zero attached hydrogens (tertiary/aromatic N) is 2. The molecule has 0 spiro atoms. The number of piperidine rings is 1. The number of piperazine rings is 1. The second-order valence-electron chi connectivity index (χ2n) is 11.9. The molecule has 2 fully saturated rings. The largest absolute Gasteiger partial charge is 0.508 e. The Kier molecular flexibility index (Phi) is 9.71. The lowest BCUT2D eigenvalue weighted by Crippen LogP contribution is -2.45. The minimum absolute atomic E-state index is 0.189. The van der Waals surface area contributed by atoms with Crippen molar-refractivity contribution in [1.82, 2.24) is 10.2 Å². The number of aromatic hydroxyl groups is 2. The highest BCUT2D eigenvalue weighted by molar-refractivity contribution is 6.18. The number of phenols is 2. The molecule has 2 heterocycles. The van der Waals surface area contributed by atoms with Gasteiger partial charge >= 0.3 is 0 Å². The molecule has 2 amide bonds. The second kappa shape index (κ2) is 14.2. The highest BCUT2D eigenvalue weighted by Gasteiger charge is 2.28. The number of halogens is 1. The van der Waals surface area contributed by atoms with Crippen molar-refractivity contribution in [1.29, 1.82) is 0 Å². The van der Waals surface area contributed by atoms with Gasteiger partial charge in [0.05, 0.1) is 5.92 Å². The molecule has 2 saturated heterocycles. The zero-order valence-corrected chi connectivity index (χ0v) is 26.4. The fraction of sp³-hybridized carbons (Fsp3) is 0.263. The molecule has 1 unspecified atom stereocenters. The van der Waals surface area contributed by atoms with Gasteiger partial charge in [-0.05, 0) is 88.2 Å². The van der Waals surface area contributed by atoms with E-state index in [1.165, 1.54) is 11.3 Å². The van der Waals surface area contributed by atoms with Crippen molar-refractivity contribution < 1.29 is 19.8 Å². The van der Waals surface area contributed by atoms with Crippen LogP contribution in [-0.4, -0.2) is 59.0 Å². The van der Waals surface area contributed by atoms with Crippen LogP contribution in [0.5, 0.6) is 11.5 Å². The van der Waals surface area contributed by atoms with Crippen molar-refractivity contribution in [3.8, 4) is 11.5 Å². The van der Waals surface area contributed by atoms with Crippen molar-refractivity contribution in [2.75, 3.05) is 37.0 Å². The summed E-state index contributed by atoms with van der Waals surface area (Å²) in [7, 11) is 0. The predicted molar refractivity (Wildman–Crippen MR) is 183 cm³/mol. The van der Waals surface area contributed by atoms with Crippen LogP contribution in [0.15, 0.2) is 97.1 Å². The summed E-state index contributed by atoms with van der Waals surface area (Å²) in [5, 5.41) is 22.3. The highest BCUT2D eigenvalue weighted by Crippen LogP contribution is 2.36. The zero-order chi connectivity index (χ0) is 32.0. The van der Waals surface area contributed by atoms with Gasteiger partial charge in [0.1, 0.15) is 11.5 Å². The maximum Gasteiger partial charge on any atom is 0.234 e. The van der Waals surface area contributed by atoms with Crippen LogP contribution >= 0.6 is 11.6 Å². The number of hydrogen-bond donors (Lipinski definition) is 3. The molecule has 8 heteroatoms. The second-order valence-corrected chi connectivity index (χ2v) is 12.3. The molecule has 7 nitrogen and oxygen atoms in total. The monoisotopic (exact) mass is 635 g/mol. The lowest BCUT2D eigenvalue weighted by Gasteiger charge is -2.36. The Morgan fingerprint density at radius 1 is 0.739 bits per heavy atom. The maximum absolute atomic E-state index is 12.2. The van der Waals surface area contributed by atoms with E-state index in [1.54, 1.807) is 24.3 Å². The van der Waals surface area contributed by atoms with Crippen molar-refractivity contribution in [3.63, 3.8) is 0 Å². The average molecular weight is 636 g/mol. The highest BCUT2D eigenvalue weighted by atomic mass is 35.5. The zero-order valence-electron chi connectivity index (χ0n) is 25.7. The number of carbonyl (C=O) groups is 2. The molecule has 0 aliphatic carbocycles. The SMILES string of the molecule is O=C1CCC(c2ccc(CN3CCN(c4ccc(C(=C(CCCl)c5ccc(O)cc5)c5ccc(O)cc5)cc4)CC3)cc2)C(=O)N1. The Balaban J connectivity index is 1.14. The Morgan fingerprint density at radius 2 is 1.30 bits per heavy atom. The van der Waals surface area contributed by atoms with Crippen molar-refractivity contribution in [2.45, 2.75) is 31.7 Å². The number of alkyl halides is 1. The maximum atomic E-state index is 12.2. The molecule has 46 heavy (non-hydrogen) atoms. The van der Waals surface area contributed by atoms with Gasteiger partial charge in [-0.1, -0.05) is 60.7 Å². The molecule has 4 aromatic carbocycles. The van der Waals surface area contributed by atoms with Gasteiger partial charge in [-0.25, -0.2) is 0 Å². The van der Waals surface area contributed by atoms with Gasteiger partial charge in [-0.2, -0.15) is 0 Å². The van der Waals surface area contributed by atoms with E-state index < -0.39 is 0 Å². The Hall–Kier alpha value is -4.59. The van der Waals surface area contributed by atoms with Gasteiger partial charge in [-0.3, -0.25) is 19.8 Å². The van der Waals surface area contributed by atoms with E-state index in [9.17, 15) is 19.8 Å². The van der Waals surface area contributed by atoms with Crippen LogP contribution < -0.4 is 10.2 Å². The summed E-state index contributed by atoms with van der Waals surface area (Å²) in [5.74, 6) is 0.232. The van der Waals surface area contributed by atoms with Crippen molar-refractivity contribution >= 4 is 40.2 Å². The molecule has 4 aromatic rings. The summed E-state index contributed by atoms with van der Waals surface area (Å²) < 4.78 is 0. The van der Waals surface area contributed by atoms with Gasteiger partial charge in [-0.15, -0.1) is 11.6 Å². The Morgan fingerprint density at radius 3 is 1.87 bits per heavy atom. The van der Waals surface area contributed by atoms with E-state index in [1.807, 2.05) is 36.4 Å². The molecule has 6 rings (SSSR count). The van der Waals surface area contributed by atoms with E-state index in [0.717, 1.165) is 66.1 Å². The number of allylic oxidation sites excluding steroid dienone is 1. The number of anilines is 1. The third-order valence-corrected chi connectivity index (χ3v) is 9.13. The number of hydrogen-bond acceptors (Lipinski definition) is 6. The molecule has 0 aromatic heterocycles. The number of carbonyl (C=O) groups excluding carboxylic acids is 2. The molecule has 2 aliphatic rings. The van der Waals surface area contributed by atoms with E-state index in [2.05, 4.69) is 51.5 Å². The third-order valence-electron chi connectivity index (χ3n) is 8.94. The molecule has 0 radical (unpaired) electrons. The van der Waals surface area contributed by atoms with E-state index in [-0.39, 0.29) is 29.2 Å². The number of rotatable bonds is 9. The van der Waals surface area contributed by atoms with E-state index in [4.69, 9.17) is 11.6 Å². The van der Waals surface area contributed by atoms with Crippen LogP contribution in [0.3, 0.4) is 0 Å². The fourth-order valence-corrected chi connectivity index (χ4v) is 6.63. The van der Waals surface area contributed by atoms with Gasteiger partial charge < -0.3 is 15.1 Å². The number of amides is 2. The van der Waals surface area contributed by atoms with Gasteiger partial charge in [0.25, 0.3) is 0 Å². The minimum Gasteiger partial charge on any atom is -0.508 e. The lowest BCUT2D eigenvalue weighted by atomic mass is 9.88. The number of benzene rings is 4. The third kappa shape index (κ3) is 7.27. The van der Waals surface area contributed by atoms with Crippen LogP contribution in [0.4, 0.5) is 5.69 Å². The first-order chi connectivity index (χ1) is 22.4. The number of imide groups is 1. The number of nitrogens with one attached hydrogen (secondary N) is 1. The van der Waals surface area contributed by atoms with Gasteiger partial charge in [0, 0.05) is 50.7 Å².